The van der Waals surface area contributed by atoms with E-state index in [1.165, 1.54) is 26.4 Å². The normalized spacial score (nSPS) is 26.4. The molecule has 196 valence electrons. The van der Waals surface area contributed by atoms with Crippen molar-refractivity contribution in [3.8, 4) is 0 Å². The van der Waals surface area contributed by atoms with Crippen molar-refractivity contribution in [3.05, 3.63) is 11.8 Å². The summed E-state index contributed by atoms with van der Waals surface area (Å²) in [6.45, 7) is 13.3. The quantitative estimate of drug-likeness (QED) is 0.111. The zero-order chi connectivity index (χ0) is 25.5. The van der Waals surface area contributed by atoms with E-state index in [2.05, 4.69) is 51.6 Å². The van der Waals surface area contributed by atoms with Gasteiger partial charge in [-0.3, -0.25) is 9.59 Å². The fourth-order valence-electron chi connectivity index (χ4n) is 5.13. The second-order valence-corrected chi connectivity index (χ2v) is 13.8. The Bertz CT molecular complexity index is 698. The van der Waals surface area contributed by atoms with Crippen molar-refractivity contribution in [2.45, 2.75) is 117 Å². The number of esters is 1. The van der Waals surface area contributed by atoms with E-state index < -0.39 is 27.2 Å². The van der Waals surface area contributed by atoms with Crippen LogP contribution in [0.1, 0.15) is 85.5 Å². The maximum absolute atomic E-state index is 13.1. The van der Waals surface area contributed by atoms with Crippen molar-refractivity contribution >= 4 is 20.8 Å². The highest BCUT2D eigenvalue weighted by Gasteiger charge is 2.64. The molecule has 2 fully saturated rings. The Kier molecular flexibility index (Phi) is 11.3. The van der Waals surface area contributed by atoms with Crippen LogP contribution < -0.4 is 0 Å². The molecule has 0 aromatic heterocycles. The summed E-state index contributed by atoms with van der Waals surface area (Å²) in [5.74, 6) is 0.362. The van der Waals surface area contributed by atoms with Crippen molar-refractivity contribution in [2.24, 2.45) is 23.2 Å². The SMILES string of the molecule is CCCCCC(/C=C(\O[SiH](C)C)C1C2OC2C(=O)C1C(O)CCCCCC(=O)OC)C(C)(C)C. The molecule has 6 nitrogen and oxygen atoms in total. The van der Waals surface area contributed by atoms with E-state index in [0.717, 1.165) is 31.4 Å². The molecule has 0 radical (unpaired) electrons. The highest BCUT2D eigenvalue weighted by molar-refractivity contribution is 6.48. The maximum Gasteiger partial charge on any atom is 0.305 e. The van der Waals surface area contributed by atoms with E-state index in [-0.39, 0.29) is 29.2 Å². The lowest BCUT2D eigenvalue weighted by Gasteiger charge is -2.33. The lowest BCUT2D eigenvalue weighted by Crippen LogP contribution is -2.36. The molecule has 6 unspecified atom stereocenters. The van der Waals surface area contributed by atoms with Crippen LogP contribution in [0, 0.1) is 23.2 Å². The van der Waals surface area contributed by atoms with Crippen molar-refractivity contribution in [2.75, 3.05) is 7.11 Å². The maximum atomic E-state index is 13.1. The van der Waals surface area contributed by atoms with Gasteiger partial charge >= 0.3 is 5.97 Å². The first-order valence-electron chi connectivity index (χ1n) is 13.3. The van der Waals surface area contributed by atoms with Crippen LogP contribution in [-0.4, -0.2) is 51.3 Å². The van der Waals surface area contributed by atoms with Gasteiger partial charge in [0.2, 0.25) is 9.04 Å². The van der Waals surface area contributed by atoms with Gasteiger partial charge in [0.1, 0.15) is 12.2 Å². The van der Waals surface area contributed by atoms with Gasteiger partial charge in [-0.1, -0.05) is 59.8 Å². The first-order chi connectivity index (χ1) is 16.0. The number of unbranched alkanes of at least 4 members (excludes halogenated alkanes) is 4. The van der Waals surface area contributed by atoms with E-state index in [1.54, 1.807) is 0 Å². The fourth-order valence-corrected chi connectivity index (χ4v) is 5.91. The first-order valence-corrected chi connectivity index (χ1v) is 16.1. The van der Waals surface area contributed by atoms with Gasteiger partial charge in [-0.05, 0) is 49.8 Å². The van der Waals surface area contributed by atoms with Crippen LogP contribution >= 0.6 is 0 Å². The number of Topliss-reactive ketones (excluding diaryl/α,β-unsaturated/α-hetero) is 1. The third-order valence-corrected chi connectivity index (χ3v) is 7.94. The lowest BCUT2D eigenvalue weighted by molar-refractivity contribution is -0.140. The zero-order valence-corrected chi connectivity index (χ0v) is 23.6. The Morgan fingerprint density at radius 2 is 1.82 bits per heavy atom. The van der Waals surface area contributed by atoms with Crippen LogP contribution in [0.15, 0.2) is 11.8 Å². The monoisotopic (exact) mass is 496 g/mol. The van der Waals surface area contributed by atoms with Crippen molar-refractivity contribution in [1.29, 1.82) is 0 Å². The summed E-state index contributed by atoms with van der Waals surface area (Å²) < 4.78 is 16.9. The Morgan fingerprint density at radius 1 is 1.15 bits per heavy atom. The van der Waals surface area contributed by atoms with Crippen LogP contribution in [-0.2, 0) is 23.5 Å². The average molecular weight is 497 g/mol. The second-order valence-electron chi connectivity index (χ2n) is 11.4. The van der Waals surface area contributed by atoms with Crippen LogP contribution in [0.2, 0.25) is 13.1 Å². The highest BCUT2D eigenvalue weighted by Crippen LogP contribution is 2.50. The van der Waals surface area contributed by atoms with Crippen LogP contribution in [0.4, 0.5) is 0 Å². The van der Waals surface area contributed by atoms with Crippen LogP contribution in [0.3, 0.4) is 0 Å². The number of aliphatic hydroxyl groups is 1. The van der Waals surface area contributed by atoms with Crippen LogP contribution in [0.5, 0.6) is 0 Å². The summed E-state index contributed by atoms with van der Waals surface area (Å²) >= 11 is 0. The van der Waals surface area contributed by atoms with E-state index in [0.29, 0.717) is 18.8 Å². The topological polar surface area (TPSA) is 85.4 Å². The van der Waals surface area contributed by atoms with Gasteiger partial charge in [0.05, 0.1) is 30.8 Å². The molecule has 0 bridgehead atoms. The molecule has 34 heavy (non-hydrogen) atoms. The van der Waals surface area contributed by atoms with Gasteiger partial charge < -0.3 is 19.0 Å². The van der Waals surface area contributed by atoms with Gasteiger partial charge in [0.25, 0.3) is 0 Å². The highest BCUT2D eigenvalue weighted by atomic mass is 28.3. The minimum Gasteiger partial charge on any atom is -0.550 e. The lowest BCUT2D eigenvalue weighted by atomic mass is 9.76. The van der Waals surface area contributed by atoms with Crippen molar-refractivity contribution < 1.29 is 28.6 Å². The molecule has 2 aliphatic rings. The number of hydrogen-bond acceptors (Lipinski definition) is 6. The molecule has 0 amide bonds. The molecule has 1 aliphatic carbocycles. The van der Waals surface area contributed by atoms with Gasteiger partial charge in [0, 0.05) is 6.42 Å². The van der Waals surface area contributed by atoms with Crippen LogP contribution in [0.25, 0.3) is 0 Å². The minimum atomic E-state index is -1.42. The summed E-state index contributed by atoms with van der Waals surface area (Å²) in [6, 6.07) is 0. The minimum absolute atomic E-state index is 0.0234. The number of carbonyl (C=O) groups is 2. The molecule has 1 saturated carbocycles. The Hall–Kier alpha value is -1.18. The summed E-state index contributed by atoms with van der Waals surface area (Å²) in [5, 5.41) is 11.1. The Morgan fingerprint density at radius 3 is 2.41 bits per heavy atom. The molecule has 1 N–H and O–H groups in total. The molecule has 1 heterocycles. The standard InChI is InChI=1S/C27H48O6Si/c1-8-9-11-14-18(27(2,3)4)17-20(33-34(6)7)23-22(24(30)26-25(23)32-26)19(28)15-12-10-13-16-21(29)31-5/h17-19,22-23,25-26,28,34H,8-16H2,1-7H3/b20-17-. The number of allylic oxidation sites excluding steroid dienone is 1. The second kappa shape index (κ2) is 13.2. The third kappa shape index (κ3) is 8.20. The number of fused-ring (bicyclic) bond motifs is 1. The molecule has 0 spiro atoms. The molecular weight excluding hydrogens is 448 g/mol. The molecule has 1 aliphatic heterocycles. The summed E-state index contributed by atoms with van der Waals surface area (Å²) in [6.07, 6.45) is 8.91. The molecular formula is C27H48O6Si. The predicted octanol–water partition coefficient (Wildman–Crippen LogP) is 5.18. The van der Waals surface area contributed by atoms with Crippen molar-refractivity contribution in [1.82, 2.24) is 0 Å². The number of ketones is 1. The van der Waals surface area contributed by atoms with Crippen molar-refractivity contribution in [3.63, 3.8) is 0 Å². The first kappa shape index (κ1) is 29.0. The smallest absolute Gasteiger partial charge is 0.305 e. The number of rotatable bonds is 15. The van der Waals surface area contributed by atoms with E-state index in [4.69, 9.17) is 9.16 Å². The number of ether oxygens (including phenoxy) is 2. The van der Waals surface area contributed by atoms with Gasteiger partial charge in [-0.2, -0.15) is 0 Å². The van der Waals surface area contributed by atoms with Gasteiger partial charge in [-0.25, -0.2) is 0 Å². The predicted molar refractivity (Wildman–Crippen MR) is 137 cm³/mol. The number of epoxide rings is 1. The molecule has 0 aromatic carbocycles. The van der Waals surface area contributed by atoms with E-state index >= 15 is 0 Å². The van der Waals surface area contributed by atoms with E-state index in [9.17, 15) is 14.7 Å². The number of methoxy groups -OCH3 is 1. The number of hydrogen-bond donors (Lipinski definition) is 1. The van der Waals surface area contributed by atoms with Gasteiger partial charge in [-0.15, -0.1) is 0 Å². The third-order valence-electron chi connectivity index (χ3n) is 7.20. The molecule has 0 aromatic rings. The average Bonchev–Trinajstić information content (AvgIpc) is 3.49. The fraction of sp³-hybridized carbons (Fsp3) is 0.852. The number of aliphatic hydroxyl groups excluding tert-OH is 1. The summed E-state index contributed by atoms with van der Waals surface area (Å²) in [5.41, 5.74) is 0.0844. The van der Waals surface area contributed by atoms with Gasteiger partial charge in [0.15, 0.2) is 5.78 Å². The Labute approximate surface area is 208 Å². The zero-order valence-electron chi connectivity index (χ0n) is 22.5. The largest absolute Gasteiger partial charge is 0.550 e. The molecule has 7 heteroatoms. The summed E-state index contributed by atoms with van der Waals surface area (Å²) in [4.78, 5) is 24.4. The molecule has 2 rings (SSSR count). The molecule has 1 saturated heterocycles. The number of carbonyl (C=O) groups excluding carboxylic acids is 2. The molecule has 6 atom stereocenters. The summed E-state index contributed by atoms with van der Waals surface area (Å²) in [7, 11) is -0.0284. The van der Waals surface area contributed by atoms with E-state index in [1.807, 2.05) is 0 Å². The Balaban J connectivity index is 2.17.